The van der Waals surface area contributed by atoms with Crippen LogP contribution in [-0.2, 0) is 9.53 Å². The largest absolute Gasteiger partial charge is 0.396 e. The highest BCUT2D eigenvalue weighted by Crippen LogP contribution is 2.29. The van der Waals surface area contributed by atoms with Crippen molar-refractivity contribution in [1.29, 1.82) is 0 Å². The summed E-state index contributed by atoms with van der Waals surface area (Å²) in [6, 6.07) is 2.53. The van der Waals surface area contributed by atoms with Gasteiger partial charge in [0.15, 0.2) is 0 Å². The minimum Gasteiger partial charge on any atom is -0.396 e. The summed E-state index contributed by atoms with van der Waals surface area (Å²) in [5.41, 5.74) is 7.72. The summed E-state index contributed by atoms with van der Waals surface area (Å²) in [5.74, 6) is 1.15. The SMILES string of the molecule is CC(C)NC(=O)[C@H]1CC[C@@H](Nc2cc(NCCN3CCOCC3)ncc2N)CC1.N.N. The van der Waals surface area contributed by atoms with Crippen molar-refractivity contribution in [2.75, 3.05) is 55.8 Å². The molecule has 0 radical (unpaired) electrons. The summed E-state index contributed by atoms with van der Waals surface area (Å²) < 4.78 is 5.38. The second-order valence-corrected chi connectivity index (χ2v) is 8.39. The zero-order valence-electron chi connectivity index (χ0n) is 19.2. The number of nitrogen functional groups attached to an aromatic ring is 1. The number of carbonyl (C=O) groups is 1. The molecule has 2 heterocycles. The molecule has 0 bridgehead atoms. The van der Waals surface area contributed by atoms with Gasteiger partial charge in [0.05, 0.1) is 30.8 Å². The maximum atomic E-state index is 12.2. The van der Waals surface area contributed by atoms with Gasteiger partial charge in [-0.1, -0.05) is 0 Å². The Morgan fingerprint density at radius 1 is 1.23 bits per heavy atom. The van der Waals surface area contributed by atoms with E-state index in [0.29, 0.717) is 11.7 Å². The third-order valence-corrected chi connectivity index (χ3v) is 5.66. The predicted molar refractivity (Wildman–Crippen MR) is 127 cm³/mol. The van der Waals surface area contributed by atoms with E-state index in [4.69, 9.17) is 10.5 Å². The van der Waals surface area contributed by atoms with Crippen molar-refractivity contribution in [1.82, 2.24) is 27.5 Å². The molecule has 2 fully saturated rings. The molecular weight excluding hydrogens is 396 g/mol. The smallest absolute Gasteiger partial charge is 0.223 e. The first-order chi connectivity index (χ1) is 14.0. The van der Waals surface area contributed by atoms with E-state index in [2.05, 4.69) is 25.8 Å². The Labute approximate surface area is 186 Å². The number of amides is 1. The molecule has 31 heavy (non-hydrogen) atoms. The molecule has 0 aromatic carbocycles. The monoisotopic (exact) mass is 438 g/mol. The van der Waals surface area contributed by atoms with Crippen LogP contribution < -0.4 is 34.0 Å². The van der Waals surface area contributed by atoms with Crippen LogP contribution in [0.2, 0.25) is 0 Å². The highest BCUT2D eigenvalue weighted by atomic mass is 16.5. The zero-order chi connectivity index (χ0) is 20.6. The molecule has 11 N–H and O–H groups in total. The summed E-state index contributed by atoms with van der Waals surface area (Å²) in [7, 11) is 0. The van der Waals surface area contributed by atoms with Crippen molar-refractivity contribution >= 4 is 23.1 Å². The maximum absolute atomic E-state index is 12.2. The molecule has 10 nitrogen and oxygen atoms in total. The van der Waals surface area contributed by atoms with Crippen LogP contribution in [0.3, 0.4) is 0 Å². The van der Waals surface area contributed by atoms with Gasteiger partial charge in [0, 0.05) is 50.2 Å². The lowest BCUT2D eigenvalue weighted by molar-refractivity contribution is -0.126. The number of nitrogens with two attached hydrogens (primary N) is 1. The minimum absolute atomic E-state index is 0. The lowest BCUT2D eigenvalue weighted by Crippen LogP contribution is -2.39. The van der Waals surface area contributed by atoms with E-state index in [-0.39, 0.29) is 30.2 Å². The first kappa shape index (κ1) is 26.9. The van der Waals surface area contributed by atoms with Gasteiger partial charge < -0.3 is 38.7 Å². The van der Waals surface area contributed by atoms with Crippen LogP contribution in [0.25, 0.3) is 0 Å². The summed E-state index contributed by atoms with van der Waals surface area (Å²) in [4.78, 5) is 19.0. The number of ether oxygens (including phenoxy) is 1. The number of carbonyl (C=O) groups excluding carboxylic acids is 1. The molecule has 1 aliphatic heterocycles. The minimum atomic E-state index is 0. The summed E-state index contributed by atoms with van der Waals surface area (Å²) in [5, 5.41) is 9.99. The van der Waals surface area contributed by atoms with Gasteiger partial charge in [0.1, 0.15) is 5.82 Å². The van der Waals surface area contributed by atoms with E-state index in [9.17, 15) is 4.79 Å². The number of nitrogens with one attached hydrogen (secondary N) is 3. The summed E-state index contributed by atoms with van der Waals surface area (Å²) >= 11 is 0. The topological polar surface area (TPSA) is 175 Å². The number of rotatable bonds is 8. The van der Waals surface area contributed by atoms with Crippen LogP contribution in [0.15, 0.2) is 12.3 Å². The van der Waals surface area contributed by atoms with E-state index in [0.717, 1.165) is 76.6 Å². The van der Waals surface area contributed by atoms with Crippen molar-refractivity contribution in [2.24, 2.45) is 5.92 Å². The number of anilines is 3. The lowest BCUT2D eigenvalue weighted by Gasteiger charge is -2.30. The van der Waals surface area contributed by atoms with Crippen LogP contribution in [0, 0.1) is 5.92 Å². The van der Waals surface area contributed by atoms with Gasteiger partial charge in [-0.15, -0.1) is 0 Å². The second-order valence-electron chi connectivity index (χ2n) is 8.39. The molecule has 178 valence electrons. The van der Waals surface area contributed by atoms with Crippen molar-refractivity contribution in [2.45, 2.75) is 51.6 Å². The highest BCUT2D eigenvalue weighted by Gasteiger charge is 2.26. The van der Waals surface area contributed by atoms with E-state index < -0.39 is 0 Å². The Bertz CT molecular complexity index is 659. The average molecular weight is 439 g/mol. The Morgan fingerprint density at radius 2 is 1.90 bits per heavy atom. The van der Waals surface area contributed by atoms with Gasteiger partial charge in [-0.2, -0.15) is 0 Å². The molecular formula is C21H42N8O2. The van der Waals surface area contributed by atoms with Crippen molar-refractivity contribution in [3.63, 3.8) is 0 Å². The van der Waals surface area contributed by atoms with Crippen LogP contribution in [0.5, 0.6) is 0 Å². The number of hydrogen-bond donors (Lipinski definition) is 6. The second kappa shape index (κ2) is 13.3. The van der Waals surface area contributed by atoms with Crippen molar-refractivity contribution in [3.05, 3.63) is 12.3 Å². The van der Waals surface area contributed by atoms with Gasteiger partial charge in [-0.25, -0.2) is 4.98 Å². The molecule has 2 aliphatic rings. The Kier molecular flexibility index (Phi) is 11.5. The van der Waals surface area contributed by atoms with E-state index in [1.165, 1.54) is 0 Å². The maximum Gasteiger partial charge on any atom is 0.223 e. The fourth-order valence-corrected chi connectivity index (χ4v) is 3.98. The van der Waals surface area contributed by atoms with Crippen molar-refractivity contribution < 1.29 is 9.53 Å². The zero-order valence-corrected chi connectivity index (χ0v) is 19.2. The van der Waals surface area contributed by atoms with Gasteiger partial charge in [-0.05, 0) is 39.5 Å². The number of morpholine rings is 1. The standard InChI is InChI=1S/C21H36N6O2.2H3N/c1-15(2)25-21(28)16-3-5-17(6-4-16)26-19-13-20(24-14-18(19)22)23-7-8-27-9-11-29-12-10-27;;/h13-17H,3-12,22H2,1-2H3,(H,25,28)(H2,23,24,26);2*1H3/t16-,17+;;. The van der Waals surface area contributed by atoms with Crippen LogP contribution in [0.1, 0.15) is 39.5 Å². The molecule has 3 rings (SSSR count). The molecule has 1 saturated carbocycles. The van der Waals surface area contributed by atoms with E-state index in [1.54, 1.807) is 6.20 Å². The number of pyridine rings is 1. The first-order valence-electron chi connectivity index (χ1n) is 10.9. The van der Waals surface area contributed by atoms with Gasteiger partial charge in [-0.3, -0.25) is 9.69 Å². The molecule has 1 amide bonds. The van der Waals surface area contributed by atoms with Gasteiger partial charge >= 0.3 is 0 Å². The van der Waals surface area contributed by atoms with Crippen LogP contribution in [0.4, 0.5) is 17.2 Å². The molecule has 0 spiro atoms. The summed E-state index contributed by atoms with van der Waals surface area (Å²) in [6.07, 6.45) is 5.47. The fraction of sp³-hybridized carbons (Fsp3) is 0.714. The van der Waals surface area contributed by atoms with E-state index in [1.807, 2.05) is 19.9 Å². The molecule has 1 aliphatic carbocycles. The predicted octanol–water partition coefficient (Wildman–Crippen LogP) is 2.23. The van der Waals surface area contributed by atoms with Crippen LogP contribution >= 0.6 is 0 Å². The molecule has 0 atom stereocenters. The Balaban J connectivity index is 0.00000240. The van der Waals surface area contributed by atoms with Crippen molar-refractivity contribution in [3.8, 4) is 0 Å². The lowest BCUT2D eigenvalue weighted by atomic mass is 9.85. The summed E-state index contributed by atoms with van der Waals surface area (Å²) in [6.45, 7) is 9.43. The quantitative estimate of drug-likeness (QED) is 0.355. The first-order valence-corrected chi connectivity index (χ1v) is 10.9. The number of nitrogens with zero attached hydrogens (tertiary/aromatic N) is 2. The van der Waals surface area contributed by atoms with Crippen LogP contribution in [-0.4, -0.2) is 67.3 Å². The normalized spacial score (nSPS) is 21.5. The van der Waals surface area contributed by atoms with Gasteiger partial charge in [0.2, 0.25) is 5.91 Å². The molecule has 10 heteroatoms. The third-order valence-electron chi connectivity index (χ3n) is 5.66. The number of hydrogen-bond acceptors (Lipinski definition) is 9. The molecule has 1 saturated heterocycles. The third kappa shape index (κ3) is 8.48. The average Bonchev–Trinajstić information content (AvgIpc) is 2.71. The molecule has 0 unspecified atom stereocenters. The molecule has 1 aromatic rings. The Hall–Kier alpha value is -2.14. The van der Waals surface area contributed by atoms with Gasteiger partial charge in [0.25, 0.3) is 0 Å². The van der Waals surface area contributed by atoms with E-state index >= 15 is 0 Å². The fourth-order valence-electron chi connectivity index (χ4n) is 3.98. The Morgan fingerprint density at radius 3 is 2.55 bits per heavy atom. The number of aromatic nitrogens is 1. The highest BCUT2D eigenvalue weighted by molar-refractivity contribution is 5.79. The molecule has 1 aromatic heterocycles.